The fraction of sp³-hybridized carbons (Fsp3) is 0.350. The van der Waals surface area contributed by atoms with Gasteiger partial charge in [0, 0.05) is 37.4 Å². The number of piperazine rings is 1. The molecule has 0 amide bonds. The lowest BCUT2D eigenvalue weighted by atomic mass is 10.1. The molecule has 3 rings (SSSR count). The van der Waals surface area contributed by atoms with E-state index in [1.807, 2.05) is 24.3 Å². The van der Waals surface area contributed by atoms with Crippen LogP contribution in [0.4, 0.5) is 5.69 Å². The predicted molar refractivity (Wildman–Crippen MR) is 97.2 cm³/mol. The van der Waals surface area contributed by atoms with Crippen LogP contribution in [0.2, 0.25) is 0 Å². The number of carbonyl (C=O) groups is 1. The lowest BCUT2D eigenvalue weighted by Gasteiger charge is -2.36. The molecule has 0 aliphatic carbocycles. The molecule has 4 nitrogen and oxygen atoms in total. The third-order valence-corrected chi connectivity index (χ3v) is 4.61. The summed E-state index contributed by atoms with van der Waals surface area (Å²) in [7, 11) is 1.63. The van der Waals surface area contributed by atoms with Crippen LogP contribution in [-0.2, 0) is 0 Å². The Hall–Kier alpha value is -2.33. The van der Waals surface area contributed by atoms with Gasteiger partial charge in [-0.25, -0.2) is 0 Å². The number of ether oxygens (including phenoxy) is 1. The van der Waals surface area contributed by atoms with Crippen LogP contribution in [0.3, 0.4) is 0 Å². The Bertz CT molecular complexity index is 689. The number of Topliss-reactive ketones (excluding diaryl/α,β-unsaturated/α-hetero) is 1. The number of benzene rings is 2. The van der Waals surface area contributed by atoms with Crippen molar-refractivity contribution in [2.24, 2.45) is 0 Å². The van der Waals surface area contributed by atoms with Crippen molar-refractivity contribution in [1.82, 2.24) is 4.90 Å². The Morgan fingerprint density at radius 2 is 1.67 bits per heavy atom. The largest absolute Gasteiger partial charge is 0.497 e. The van der Waals surface area contributed by atoms with Gasteiger partial charge >= 0.3 is 0 Å². The molecule has 1 aliphatic rings. The van der Waals surface area contributed by atoms with Crippen LogP contribution >= 0.6 is 0 Å². The highest BCUT2D eigenvalue weighted by atomic mass is 16.5. The van der Waals surface area contributed by atoms with Gasteiger partial charge in [0.2, 0.25) is 0 Å². The highest BCUT2D eigenvalue weighted by Crippen LogP contribution is 2.21. The van der Waals surface area contributed by atoms with Gasteiger partial charge in [-0.3, -0.25) is 9.69 Å². The molecule has 1 aliphatic heterocycles. The standard InChI is InChI=1S/C20H24N2O2/c1-16-5-3-4-6-19(16)22-13-11-21(12-14-22)15-20(23)17-7-9-18(24-2)10-8-17/h3-10H,11-15H2,1-2H3. The number of para-hydroxylation sites is 1. The number of ketones is 1. The molecule has 0 spiro atoms. The van der Waals surface area contributed by atoms with Crippen LogP contribution in [0.15, 0.2) is 48.5 Å². The molecule has 0 unspecified atom stereocenters. The molecule has 0 atom stereocenters. The second-order valence-corrected chi connectivity index (χ2v) is 6.20. The summed E-state index contributed by atoms with van der Waals surface area (Å²) in [6.07, 6.45) is 0. The topological polar surface area (TPSA) is 32.8 Å². The third kappa shape index (κ3) is 3.77. The molecular formula is C20H24N2O2. The highest BCUT2D eigenvalue weighted by molar-refractivity contribution is 5.97. The van der Waals surface area contributed by atoms with Crippen molar-refractivity contribution in [1.29, 1.82) is 0 Å². The fourth-order valence-corrected chi connectivity index (χ4v) is 3.14. The molecule has 2 aromatic rings. The van der Waals surface area contributed by atoms with E-state index in [2.05, 4.69) is 41.0 Å². The molecule has 1 heterocycles. The number of rotatable bonds is 5. The van der Waals surface area contributed by atoms with Crippen LogP contribution in [0.1, 0.15) is 15.9 Å². The average molecular weight is 324 g/mol. The molecule has 0 aromatic heterocycles. The first-order valence-electron chi connectivity index (χ1n) is 8.37. The van der Waals surface area contributed by atoms with E-state index < -0.39 is 0 Å². The first kappa shape index (κ1) is 16.5. The first-order chi connectivity index (χ1) is 11.7. The number of hydrogen-bond donors (Lipinski definition) is 0. The minimum absolute atomic E-state index is 0.169. The van der Waals surface area contributed by atoms with Gasteiger partial charge < -0.3 is 9.64 Å². The lowest BCUT2D eigenvalue weighted by Crippen LogP contribution is -2.48. The molecule has 1 saturated heterocycles. The average Bonchev–Trinajstić information content (AvgIpc) is 2.63. The second-order valence-electron chi connectivity index (χ2n) is 6.20. The minimum Gasteiger partial charge on any atom is -0.497 e. The molecule has 1 fully saturated rings. The van der Waals surface area contributed by atoms with E-state index in [-0.39, 0.29) is 5.78 Å². The normalized spacial score (nSPS) is 15.3. The van der Waals surface area contributed by atoms with E-state index in [9.17, 15) is 4.79 Å². The zero-order chi connectivity index (χ0) is 16.9. The summed E-state index contributed by atoms with van der Waals surface area (Å²) >= 11 is 0. The van der Waals surface area contributed by atoms with Gasteiger partial charge in [-0.05, 0) is 42.8 Å². The zero-order valence-corrected chi connectivity index (χ0v) is 14.4. The van der Waals surface area contributed by atoms with Gasteiger partial charge in [0.15, 0.2) is 5.78 Å². The van der Waals surface area contributed by atoms with Gasteiger partial charge in [0.05, 0.1) is 13.7 Å². The number of methoxy groups -OCH3 is 1. The number of carbonyl (C=O) groups excluding carboxylic acids is 1. The van der Waals surface area contributed by atoms with E-state index in [0.717, 1.165) is 37.5 Å². The van der Waals surface area contributed by atoms with Gasteiger partial charge in [0.1, 0.15) is 5.75 Å². The summed E-state index contributed by atoms with van der Waals surface area (Å²) in [5, 5.41) is 0. The SMILES string of the molecule is COc1ccc(C(=O)CN2CCN(c3ccccc3C)CC2)cc1. The summed E-state index contributed by atoms with van der Waals surface area (Å²) in [4.78, 5) is 17.1. The Kier molecular flexibility index (Phi) is 5.16. The third-order valence-electron chi connectivity index (χ3n) is 4.61. The Morgan fingerprint density at radius 3 is 2.29 bits per heavy atom. The van der Waals surface area contributed by atoms with Gasteiger partial charge in [0.25, 0.3) is 0 Å². The van der Waals surface area contributed by atoms with Crippen LogP contribution < -0.4 is 9.64 Å². The number of anilines is 1. The highest BCUT2D eigenvalue weighted by Gasteiger charge is 2.20. The van der Waals surface area contributed by atoms with E-state index in [0.29, 0.717) is 6.54 Å². The van der Waals surface area contributed by atoms with Crippen molar-refractivity contribution < 1.29 is 9.53 Å². The van der Waals surface area contributed by atoms with E-state index in [1.54, 1.807) is 7.11 Å². The summed E-state index contributed by atoms with van der Waals surface area (Å²) in [5.74, 6) is 0.945. The van der Waals surface area contributed by atoms with Crippen molar-refractivity contribution in [2.75, 3.05) is 44.7 Å². The summed E-state index contributed by atoms with van der Waals surface area (Å²) in [6, 6.07) is 15.8. The van der Waals surface area contributed by atoms with Gasteiger partial charge in [-0.1, -0.05) is 18.2 Å². The van der Waals surface area contributed by atoms with E-state index in [4.69, 9.17) is 4.74 Å². The Labute approximate surface area is 143 Å². The number of hydrogen-bond acceptors (Lipinski definition) is 4. The maximum absolute atomic E-state index is 12.4. The molecule has 0 N–H and O–H groups in total. The van der Waals surface area contributed by atoms with Crippen LogP contribution in [0.25, 0.3) is 0 Å². The van der Waals surface area contributed by atoms with Gasteiger partial charge in [-0.2, -0.15) is 0 Å². The molecule has 126 valence electrons. The van der Waals surface area contributed by atoms with E-state index in [1.165, 1.54) is 11.3 Å². The summed E-state index contributed by atoms with van der Waals surface area (Å²) in [6.45, 7) is 6.37. The predicted octanol–water partition coefficient (Wildman–Crippen LogP) is 3.01. The molecule has 2 aromatic carbocycles. The van der Waals surface area contributed by atoms with Crippen LogP contribution in [0, 0.1) is 6.92 Å². The first-order valence-corrected chi connectivity index (χ1v) is 8.37. The Balaban J connectivity index is 1.55. The molecule has 0 bridgehead atoms. The van der Waals surface area contributed by atoms with Crippen molar-refractivity contribution in [3.8, 4) is 5.75 Å². The maximum atomic E-state index is 12.4. The quantitative estimate of drug-likeness (QED) is 0.792. The summed E-state index contributed by atoms with van der Waals surface area (Å²) in [5.41, 5.74) is 3.36. The van der Waals surface area contributed by atoms with Crippen LogP contribution in [-0.4, -0.2) is 50.5 Å². The van der Waals surface area contributed by atoms with Crippen molar-refractivity contribution in [2.45, 2.75) is 6.92 Å². The number of aryl methyl sites for hydroxylation is 1. The Morgan fingerprint density at radius 1 is 1.00 bits per heavy atom. The fourth-order valence-electron chi connectivity index (χ4n) is 3.14. The van der Waals surface area contributed by atoms with Crippen LogP contribution in [0.5, 0.6) is 5.75 Å². The molecule has 0 saturated carbocycles. The van der Waals surface area contributed by atoms with Crippen molar-refractivity contribution >= 4 is 11.5 Å². The molecule has 4 heteroatoms. The molecule has 24 heavy (non-hydrogen) atoms. The number of nitrogens with zero attached hydrogens (tertiary/aromatic N) is 2. The summed E-state index contributed by atoms with van der Waals surface area (Å²) < 4.78 is 5.14. The van der Waals surface area contributed by atoms with E-state index >= 15 is 0 Å². The van der Waals surface area contributed by atoms with Crippen molar-refractivity contribution in [3.05, 3.63) is 59.7 Å². The minimum atomic E-state index is 0.169. The van der Waals surface area contributed by atoms with Gasteiger partial charge in [-0.15, -0.1) is 0 Å². The smallest absolute Gasteiger partial charge is 0.176 e. The molecular weight excluding hydrogens is 300 g/mol. The zero-order valence-electron chi connectivity index (χ0n) is 14.4. The lowest BCUT2D eigenvalue weighted by molar-refractivity contribution is 0.0926. The van der Waals surface area contributed by atoms with Crippen molar-refractivity contribution in [3.63, 3.8) is 0 Å². The monoisotopic (exact) mass is 324 g/mol. The second kappa shape index (κ2) is 7.49. The molecule has 0 radical (unpaired) electrons. The maximum Gasteiger partial charge on any atom is 0.176 e.